The van der Waals surface area contributed by atoms with Crippen molar-refractivity contribution >= 4 is 43.8 Å². The molecule has 1 rings (SSSR count). The van der Waals surface area contributed by atoms with E-state index in [1.54, 1.807) is 14.2 Å². The van der Waals surface area contributed by atoms with Gasteiger partial charge in [0.2, 0.25) is 0 Å². The second-order valence-electron chi connectivity index (χ2n) is 5.15. The first-order valence-corrected chi connectivity index (χ1v) is 8.96. The molecule has 0 saturated heterocycles. The molecule has 2 N–H and O–H groups in total. The molecule has 1 aromatic carbocycles. The second-order valence-corrected chi connectivity index (χ2v) is 6.73. The molecule has 0 spiro atoms. The lowest BCUT2D eigenvalue weighted by Gasteiger charge is -2.20. The van der Waals surface area contributed by atoms with Gasteiger partial charge in [0.15, 0.2) is 0 Å². The van der Waals surface area contributed by atoms with Crippen LogP contribution >= 0.6 is 31.9 Å². The lowest BCUT2D eigenvalue weighted by molar-refractivity contribution is -0.138. The van der Waals surface area contributed by atoms with E-state index in [-0.39, 0.29) is 12.8 Å². The highest BCUT2D eigenvalue weighted by Crippen LogP contribution is 2.46. The van der Waals surface area contributed by atoms with E-state index in [9.17, 15) is 9.59 Å². The summed E-state index contributed by atoms with van der Waals surface area (Å²) in [5.41, 5.74) is 1.65. The highest BCUT2D eigenvalue weighted by molar-refractivity contribution is 9.11. The zero-order valence-electron chi connectivity index (χ0n) is 13.5. The van der Waals surface area contributed by atoms with Crippen molar-refractivity contribution in [2.24, 2.45) is 0 Å². The summed E-state index contributed by atoms with van der Waals surface area (Å²) in [6, 6.07) is 0. The summed E-state index contributed by atoms with van der Waals surface area (Å²) in [4.78, 5) is 21.4. The Morgan fingerprint density at radius 2 is 1.17 bits per heavy atom. The molecule has 0 radical (unpaired) electrons. The molecule has 0 unspecified atom stereocenters. The van der Waals surface area contributed by atoms with Crippen LogP contribution < -0.4 is 9.47 Å². The van der Waals surface area contributed by atoms with Gasteiger partial charge in [0, 0.05) is 24.0 Å². The van der Waals surface area contributed by atoms with Gasteiger partial charge in [-0.25, -0.2) is 0 Å². The average molecular weight is 468 g/mol. The Balaban J connectivity index is 3.20. The maximum Gasteiger partial charge on any atom is 0.303 e. The molecule has 1 aromatic rings. The number of hydrogen-bond donors (Lipinski definition) is 2. The van der Waals surface area contributed by atoms with Crippen molar-refractivity contribution in [3.05, 3.63) is 20.1 Å². The fourth-order valence-electron chi connectivity index (χ4n) is 2.44. The van der Waals surface area contributed by atoms with Gasteiger partial charge in [-0.1, -0.05) is 0 Å². The van der Waals surface area contributed by atoms with Gasteiger partial charge in [0.1, 0.15) is 11.5 Å². The van der Waals surface area contributed by atoms with Crippen molar-refractivity contribution < 1.29 is 29.3 Å². The zero-order chi connectivity index (χ0) is 18.3. The highest BCUT2D eigenvalue weighted by Gasteiger charge is 2.23. The van der Waals surface area contributed by atoms with Crippen molar-refractivity contribution in [2.45, 2.75) is 38.5 Å². The number of benzene rings is 1. The molecule has 134 valence electrons. The lowest BCUT2D eigenvalue weighted by atomic mass is 10.00. The maximum absolute atomic E-state index is 10.7. The summed E-state index contributed by atoms with van der Waals surface area (Å²) < 4.78 is 12.4. The first-order valence-electron chi connectivity index (χ1n) is 7.37. The van der Waals surface area contributed by atoms with Gasteiger partial charge in [-0.05, 0) is 57.5 Å². The summed E-state index contributed by atoms with van der Waals surface area (Å²) in [6.45, 7) is 0. The topological polar surface area (TPSA) is 93.1 Å². The minimum Gasteiger partial charge on any atom is -0.495 e. The Morgan fingerprint density at radius 1 is 0.833 bits per heavy atom. The molecule has 8 heteroatoms. The maximum atomic E-state index is 10.7. The van der Waals surface area contributed by atoms with Gasteiger partial charge < -0.3 is 19.7 Å². The zero-order valence-corrected chi connectivity index (χ0v) is 16.7. The SMILES string of the molecule is COc1c(Br)c(CCCC(=O)O)c(OC)c(Br)c1CCCC(=O)O. The third kappa shape index (κ3) is 5.37. The standard InChI is InChI=1S/C16H20Br2O6/c1-23-15-9(5-3-7-11(19)20)14(18)16(24-2)10(13(15)17)6-4-8-12(21)22/h3-8H2,1-2H3,(H,19,20)(H,21,22). The van der Waals surface area contributed by atoms with Gasteiger partial charge in [-0.15, -0.1) is 0 Å². The molecule has 0 atom stereocenters. The Hall–Kier alpha value is -1.28. The summed E-state index contributed by atoms with van der Waals surface area (Å²) in [7, 11) is 3.08. The number of carboxylic acid groups (broad SMARTS) is 2. The van der Waals surface area contributed by atoms with Crippen LogP contribution in [0.5, 0.6) is 11.5 Å². The van der Waals surface area contributed by atoms with E-state index in [1.165, 1.54) is 0 Å². The molecule has 0 aliphatic rings. The molecule has 0 heterocycles. The third-order valence-electron chi connectivity index (χ3n) is 3.52. The monoisotopic (exact) mass is 466 g/mol. The lowest BCUT2D eigenvalue weighted by Crippen LogP contribution is -2.05. The van der Waals surface area contributed by atoms with Crippen LogP contribution in [0.15, 0.2) is 8.95 Å². The second kappa shape index (κ2) is 9.88. The molecule has 0 aliphatic carbocycles. The molecule has 0 aromatic heterocycles. The van der Waals surface area contributed by atoms with Crippen molar-refractivity contribution in [1.29, 1.82) is 0 Å². The molecule has 0 bridgehead atoms. The quantitative estimate of drug-likeness (QED) is 0.539. The largest absolute Gasteiger partial charge is 0.495 e. The van der Waals surface area contributed by atoms with Crippen LogP contribution in [0.2, 0.25) is 0 Å². The van der Waals surface area contributed by atoms with Crippen LogP contribution in [0.3, 0.4) is 0 Å². The fourth-order valence-corrected chi connectivity index (χ4v) is 4.00. The molecule has 6 nitrogen and oxygen atoms in total. The van der Waals surface area contributed by atoms with Crippen molar-refractivity contribution in [2.75, 3.05) is 14.2 Å². The fraction of sp³-hybridized carbons (Fsp3) is 0.500. The van der Waals surface area contributed by atoms with Crippen LogP contribution in [0.25, 0.3) is 0 Å². The molecule has 0 aliphatic heterocycles. The van der Waals surface area contributed by atoms with Crippen LogP contribution in [-0.2, 0) is 22.4 Å². The summed E-state index contributed by atoms with van der Waals surface area (Å²) in [6.07, 6.45) is 2.10. The summed E-state index contributed by atoms with van der Waals surface area (Å²) >= 11 is 7.03. The van der Waals surface area contributed by atoms with E-state index in [2.05, 4.69) is 31.9 Å². The first-order chi connectivity index (χ1) is 11.3. The highest BCUT2D eigenvalue weighted by atomic mass is 79.9. The number of rotatable bonds is 10. The van der Waals surface area contributed by atoms with E-state index < -0.39 is 11.9 Å². The van der Waals surface area contributed by atoms with E-state index in [1.807, 2.05) is 0 Å². The summed E-state index contributed by atoms with van der Waals surface area (Å²) in [5, 5.41) is 17.6. The van der Waals surface area contributed by atoms with E-state index in [4.69, 9.17) is 19.7 Å². The van der Waals surface area contributed by atoms with E-state index >= 15 is 0 Å². The predicted molar refractivity (Wildman–Crippen MR) is 96.1 cm³/mol. The molecular weight excluding hydrogens is 448 g/mol. The molecular formula is C16H20Br2O6. The molecule has 0 fully saturated rings. The first kappa shape index (κ1) is 20.8. The van der Waals surface area contributed by atoms with Crippen molar-refractivity contribution in [3.8, 4) is 11.5 Å². The number of methoxy groups -OCH3 is 2. The van der Waals surface area contributed by atoms with Crippen molar-refractivity contribution in [1.82, 2.24) is 0 Å². The molecule has 0 saturated carbocycles. The number of ether oxygens (including phenoxy) is 2. The van der Waals surface area contributed by atoms with Gasteiger partial charge in [0.05, 0.1) is 23.2 Å². The van der Waals surface area contributed by atoms with Crippen molar-refractivity contribution in [3.63, 3.8) is 0 Å². The van der Waals surface area contributed by atoms with E-state index in [0.717, 1.165) is 11.1 Å². The van der Waals surface area contributed by atoms with Gasteiger partial charge >= 0.3 is 11.9 Å². The number of aliphatic carboxylic acids is 2. The third-order valence-corrected chi connectivity index (χ3v) is 5.20. The molecule has 0 amide bonds. The Morgan fingerprint density at radius 3 is 1.42 bits per heavy atom. The smallest absolute Gasteiger partial charge is 0.303 e. The summed E-state index contributed by atoms with van der Waals surface area (Å²) in [5.74, 6) is -0.473. The van der Waals surface area contributed by atoms with Crippen LogP contribution in [0, 0.1) is 0 Å². The number of carbonyl (C=O) groups is 2. The average Bonchev–Trinajstić information content (AvgIpc) is 2.51. The van der Waals surface area contributed by atoms with E-state index in [0.29, 0.717) is 46.1 Å². The predicted octanol–water partition coefficient (Wildman–Crippen LogP) is 4.04. The number of halogens is 2. The number of carboxylic acids is 2. The Labute approximate surface area is 157 Å². The normalized spacial score (nSPS) is 10.5. The van der Waals surface area contributed by atoms with Crippen LogP contribution in [0.4, 0.5) is 0 Å². The Bertz CT molecular complexity index is 562. The van der Waals surface area contributed by atoms with Crippen LogP contribution in [-0.4, -0.2) is 36.4 Å². The number of hydrogen-bond acceptors (Lipinski definition) is 4. The van der Waals surface area contributed by atoms with Gasteiger partial charge in [-0.2, -0.15) is 0 Å². The van der Waals surface area contributed by atoms with Gasteiger partial charge in [0.25, 0.3) is 0 Å². The van der Waals surface area contributed by atoms with Gasteiger partial charge in [-0.3, -0.25) is 9.59 Å². The minimum atomic E-state index is -0.846. The minimum absolute atomic E-state index is 0.0654. The molecule has 24 heavy (non-hydrogen) atoms. The van der Waals surface area contributed by atoms with Crippen LogP contribution in [0.1, 0.15) is 36.8 Å². The Kier molecular flexibility index (Phi) is 8.55.